The molecule has 8 heteroatoms. The number of hydrogen-bond donors (Lipinski definition) is 1. The van der Waals surface area contributed by atoms with Crippen molar-refractivity contribution in [2.45, 2.75) is 26.4 Å². The normalized spacial score (nSPS) is 17.3. The molecule has 3 aromatic rings. The van der Waals surface area contributed by atoms with Crippen molar-refractivity contribution in [1.82, 2.24) is 9.88 Å². The van der Waals surface area contributed by atoms with E-state index in [1.54, 1.807) is 48.8 Å². The number of ether oxygens (including phenoxy) is 1. The predicted octanol–water partition coefficient (Wildman–Crippen LogP) is 5.64. The van der Waals surface area contributed by atoms with Crippen LogP contribution in [0.5, 0.6) is 5.75 Å². The second-order valence-electron chi connectivity index (χ2n) is 8.12. The Morgan fingerprint density at radius 2 is 1.76 bits per heavy atom. The molecule has 1 atom stereocenters. The highest BCUT2D eigenvalue weighted by molar-refractivity contribution is 6.47. The van der Waals surface area contributed by atoms with Crippen LogP contribution in [0.25, 0.3) is 5.76 Å². The Labute approximate surface area is 207 Å². The minimum atomic E-state index is -0.881. The monoisotopic (exact) mass is 496 g/mol. The van der Waals surface area contributed by atoms with E-state index < -0.39 is 17.7 Å². The molecule has 2 aromatic carbocycles. The number of methoxy groups -OCH3 is 1. The van der Waals surface area contributed by atoms with Crippen molar-refractivity contribution in [1.29, 1.82) is 0 Å². The number of carbonyl (C=O) groups excluding carboxylic acids is 2. The van der Waals surface area contributed by atoms with Gasteiger partial charge in [-0.1, -0.05) is 35.3 Å². The minimum Gasteiger partial charge on any atom is -0.507 e. The van der Waals surface area contributed by atoms with Gasteiger partial charge in [-0.05, 0) is 66.4 Å². The van der Waals surface area contributed by atoms with Crippen LogP contribution in [0.2, 0.25) is 10.0 Å². The number of halogens is 2. The third-order valence-electron chi connectivity index (χ3n) is 5.78. The Bertz CT molecular complexity index is 1320. The molecule has 0 bridgehead atoms. The fourth-order valence-electron chi connectivity index (χ4n) is 4.30. The van der Waals surface area contributed by atoms with E-state index in [-0.39, 0.29) is 22.9 Å². The molecule has 1 saturated heterocycles. The van der Waals surface area contributed by atoms with Crippen LogP contribution in [0.15, 0.2) is 60.4 Å². The Hall–Kier alpha value is -3.35. The molecule has 1 aliphatic rings. The highest BCUT2D eigenvalue weighted by Crippen LogP contribution is 2.43. The molecule has 0 spiro atoms. The number of aryl methyl sites for hydroxylation is 2. The van der Waals surface area contributed by atoms with Gasteiger partial charge in [-0.25, -0.2) is 0 Å². The van der Waals surface area contributed by atoms with Gasteiger partial charge in [0.05, 0.1) is 34.3 Å². The SMILES string of the molecule is COc1c(C)cc(C)cc1/C(O)=C1\C(=O)C(=O)N(Cc2ccncc2)C1c1ccc(Cl)c(Cl)c1. The van der Waals surface area contributed by atoms with E-state index in [1.807, 2.05) is 19.9 Å². The van der Waals surface area contributed by atoms with E-state index in [1.165, 1.54) is 12.0 Å². The summed E-state index contributed by atoms with van der Waals surface area (Å²) in [5, 5.41) is 12.1. The lowest BCUT2D eigenvalue weighted by molar-refractivity contribution is -0.140. The second-order valence-corrected chi connectivity index (χ2v) is 8.93. The van der Waals surface area contributed by atoms with E-state index in [9.17, 15) is 14.7 Å². The number of rotatable bonds is 5. The maximum absolute atomic E-state index is 13.3. The first-order valence-corrected chi connectivity index (χ1v) is 11.3. The predicted molar refractivity (Wildman–Crippen MR) is 131 cm³/mol. The maximum atomic E-state index is 13.3. The van der Waals surface area contributed by atoms with Crippen LogP contribution < -0.4 is 4.74 Å². The maximum Gasteiger partial charge on any atom is 0.295 e. The number of ketones is 1. The number of nitrogens with zero attached hydrogens (tertiary/aromatic N) is 2. The zero-order valence-electron chi connectivity index (χ0n) is 18.8. The van der Waals surface area contributed by atoms with Gasteiger partial charge in [-0.3, -0.25) is 14.6 Å². The second kappa shape index (κ2) is 9.49. The quantitative estimate of drug-likeness (QED) is 0.281. The lowest BCUT2D eigenvalue weighted by Crippen LogP contribution is -2.29. The summed E-state index contributed by atoms with van der Waals surface area (Å²) in [6, 6.07) is 11.2. The number of pyridine rings is 1. The van der Waals surface area contributed by atoms with Gasteiger partial charge in [0.1, 0.15) is 11.5 Å². The fourth-order valence-corrected chi connectivity index (χ4v) is 4.61. The Kier molecular flexibility index (Phi) is 6.64. The number of hydrogen-bond acceptors (Lipinski definition) is 5. The Balaban J connectivity index is 1.95. The van der Waals surface area contributed by atoms with Gasteiger partial charge in [-0.15, -0.1) is 0 Å². The smallest absolute Gasteiger partial charge is 0.295 e. The van der Waals surface area contributed by atoms with Crippen molar-refractivity contribution in [2.75, 3.05) is 7.11 Å². The first-order chi connectivity index (χ1) is 16.2. The van der Waals surface area contributed by atoms with Crippen molar-refractivity contribution < 1.29 is 19.4 Å². The largest absolute Gasteiger partial charge is 0.507 e. The lowest BCUT2D eigenvalue weighted by atomic mass is 9.93. The van der Waals surface area contributed by atoms with Crippen LogP contribution in [0, 0.1) is 13.8 Å². The van der Waals surface area contributed by atoms with Crippen LogP contribution in [0.1, 0.15) is 33.9 Å². The van der Waals surface area contributed by atoms with Crippen molar-refractivity contribution in [3.63, 3.8) is 0 Å². The topological polar surface area (TPSA) is 79.7 Å². The molecule has 6 nitrogen and oxygen atoms in total. The summed E-state index contributed by atoms with van der Waals surface area (Å²) in [5.41, 5.74) is 3.30. The number of aromatic nitrogens is 1. The van der Waals surface area contributed by atoms with Crippen LogP contribution >= 0.6 is 23.2 Å². The molecule has 1 amide bonds. The summed E-state index contributed by atoms with van der Waals surface area (Å²) >= 11 is 12.4. The van der Waals surface area contributed by atoms with Crippen molar-refractivity contribution >= 4 is 40.7 Å². The fraction of sp³-hybridized carbons (Fsp3) is 0.192. The molecule has 1 aliphatic heterocycles. The number of likely N-dealkylation sites (tertiary alicyclic amines) is 1. The van der Waals surface area contributed by atoms with Gasteiger partial charge in [-0.2, -0.15) is 0 Å². The van der Waals surface area contributed by atoms with Gasteiger partial charge < -0.3 is 14.7 Å². The minimum absolute atomic E-state index is 0.0410. The van der Waals surface area contributed by atoms with Crippen molar-refractivity contribution in [3.05, 3.63) is 98.3 Å². The summed E-state index contributed by atoms with van der Waals surface area (Å²) in [6.07, 6.45) is 3.22. The summed E-state index contributed by atoms with van der Waals surface area (Å²) in [5.74, 6) is -1.40. The van der Waals surface area contributed by atoms with Crippen LogP contribution in [0.3, 0.4) is 0 Å². The average Bonchev–Trinajstić information content (AvgIpc) is 3.05. The van der Waals surface area contributed by atoms with E-state index >= 15 is 0 Å². The Morgan fingerprint density at radius 3 is 2.41 bits per heavy atom. The number of aliphatic hydroxyl groups is 1. The van der Waals surface area contributed by atoms with E-state index in [4.69, 9.17) is 27.9 Å². The van der Waals surface area contributed by atoms with Crippen molar-refractivity contribution in [3.8, 4) is 5.75 Å². The number of Topliss-reactive ketones (excluding diaryl/α,β-unsaturated/α-hetero) is 1. The highest BCUT2D eigenvalue weighted by atomic mass is 35.5. The molecule has 0 radical (unpaired) electrons. The van der Waals surface area contributed by atoms with E-state index in [0.717, 1.165) is 16.7 Å². The van der Waals surface area contributed by atoms with E-state index in [2.05, 4.69) is 4.98 Å². The standard InChI is InChI=1S/C26H22Cl2N2O4/c1-14-10-15(2)25(34-3)18(11-14)23(31)21-22(17-4-5-19(27)20(28)12-17)30(26(33)24(21)32)13-16-6-8-29-9-7-16/h4-12,22,31H,13H2,1-3H3/b23-21+. The third kappa shape index (κ3) is 4.27. The first kappa shape index (κ1) is 23.8. The third-order valence-corrected chi connectivity index (χ3v) is 6.52. The molecule has 1 aromatic heterocycles. The zero-order chi connectivity index (χ0) is 24.6. The summed E-state index contributed by atoms with van der Waals surface area (Å²) in [4.78, 5) is 31.9. The van der Waals surface area contributed by atoms with Gasteiger partial charge in [0, 0.05) is 18.9 Å². The summed E-state index contributed by atoms with van der Waals surface area (Å²) in [7, 11) is 1.49. The number of aliphatic hydroxyl groups excluding tert-OH is 1. The molecule has 1 unspecified atom stereocenters. The molecule has 0 saturated carbocycles. The summed E-state index contributed by atoms with van der Waals surface area (Å²) < 4.78 is 5.52. The number of carbonyl (C=O) groups is 2. The van der Waals surface area contributed by atoms with Crippen LogP contribution in [-0.4, -0.2) is 33.8 Å². The molecule has 1 fully saturated rings. The molecular weight excluding hydrogens is 475 g/mol. The molecule has 1 N–H and O–H groups in total. The first-order valence-electron chi connectivity index (χ1n) is 10.5. The molecule has 2 heterocycles. The molecule has 4 rings (SSSR count). The zero-order valence-corrected chi connectivity index (χ0v) is 20.3. The highest BCUT2D eigenvalue weighted by Gasteiger charge is 2.46. The lowest BCUT2D eigenvalue weighted by Gasteiger charge is -2.26. The van der Waals surface area contributed by atoms with Crippen LogP contribution in [-0.2, 0) is 16.1 Å². The van der Waals surface area contributed by atoms with Gasteiger partial charge >= 0.3 is 0 Å². The Morgan fingerprint density at radius 1 is 1.06 bits per heavy atom. The van der Waals surface area contributed by atoms with Gasteiger partial charge in [0.2, 0.25) is 0 Å². The van der Waals surface area contributed by atoms with Gasteiger partial charge in [0.15, 0.2) is 0 Å². The van der Waals surface area contributed by atoms with Gasteiger partial charge in [0.25, 0.3) is 11.7 Å². The molecular formula is C26H22Cl2N2O4. The molecule has 0 aliphatic carbocycles. The average molecular weight is 497 g/mol. The number of benzene rings is 2. The number of amides is 1. The van der Waals surface area contributed by atoms with Crippen molar-refractivity contribution in [2.24, 2.45) is 0 Å². The van der Waals surface area contributed by atoms with E-state index in [0.29, 0.717) is 21.9 Å². The molecule has 174 valence electrons. The molecule has 34 heavy (non-hydrogen) atoms. The van der Waals surface area contributed by atoms with Crippen LogP contribution in [0.4, 0.5) is 0 Å². The summed E-state index contributed by atoms with van der Waals surface area (Å²) in [6.45, 7) is 3.86.